The first-order valence-corrected chi connectivity index (χ1v) is 6.29. The lowest BCUT2D eigenvalue weighted by Crippen LogP contribution is -2.28. The largest absolute Gasteiger partial charge is 0.508 e. The van der Waals surface area contributed by atoms with Crippen molar-refractivity contribution in [3.05, 3.63) is 29.3 Å². The summed E-state index contributed by atoms with van der Waals surface area (Å²) < 4.78 is 0. The summed E-state index contributed by atoms with van der Waals surface area (Å²) >= 11 is 0. The van der Waals surface area contributed by atoms with E-state index < -0.39 is 0 Å². The summed E-state index contributed by atoms with van der Waals surface area (Å²) in [5.74, 6) is 0.208. The van der Waals surface area contributed by atoms with Crippen LogP contribution in [0.15, 0.2) is 18.2 Å². The Labute approximate surface area is 107 Å². The maximum Gasteiger partial charge on any atom is 0.159 e. The molecule has 1 aromatic carbocycles. The monoisotopic (exact) mass is 249 g/mol. The Kier molecular flexibility index (Phi) is 3.99. The summed E-state index contributed by atoms with van der Waals surface area (Å²) in [5, 5.41) is 18.9. The third-order valence-corrected chi connectivity index (χ3v) is 3.31. The van der Waals surface area contributed by atoms with Gasteiger partial charge < -0.3 is 10.2 Å². The highest BCUT2D eigenvalue weighted by Gasteiger charge is 2.28. The van der Waals surface area contributed by atoms with Gasteiger partial charge in [0.1, 0.15) is 5.75 Å². The van der Waals surface area contributed by atoms with E-state index in [1.165, 1.54) is 6.92 Å². The Morgan fingerprint density at radius 2 is 2.17 bits per heavy atom. The number of carbonyl (C=O) groups excluding carboxylic acids is 1. The van der Waals surface area contributed by atoms with E-state index in [9.17, 15) is 9.90 Å². The molecule has 0 atom stereocenters. The Balaban J connectivity index is 2.15. The SMILES string of the molecule is CC(=O)c1ccc(O)c(CN(CCO)C2CC2)c1. The van der Waals surface area contributed by atoms with Crippen molar-refractivity contribution >= 4 is 5.78 Å². The maximum atomic E-state index is 11.3. The molecule has 1 saturated carbocycles. The molecular weight excluding hydrogens is 230 g/mol. The van der Waals surface area contributed by atoms with E-state index in [2.05, 4.69) is 4.90 Å². The lowest BCUT2D eigenvalue weighted by molar-refractivity contribution is 0.101. The van der Waals surface area contributed by atoms with Gasteiger partial charge in [-0.25, -0.2) is 0 Å². The van der Waals surface area contributed by atoms with Gasteiger partial charge in [-0.3, -0.25) is 9.69 Å². The second kappa shape index (κ2) is 5.50. The topological polar surface area (TPSA) is 60.8 Å². The Morgan fingerprint density at radius 1 is 1.44 bits per heavy atom. The third kappa shape index (κ3) is 3.09. The summed E-state index contributed by atoms with van der Waals surface area (Å²) in [5.41, 5.74) is 1.37. The van der Waals surface area contributed by atoms with Crippen LogP contribution in [0.25, 0.3) is 0 Å². The van der Waals surface area contributed by atoms with Crippen molar-refractivity contribution in [2.75, 3.05) is 13.2 Å². The standard InChI is InChI=1S/C14H19NO3/c1-10(17)11-2-5-14(18)12(8-11)9-15(6-7-16)13-3-4-13/h2,5,8,13,16,18H,3-4,6-7,9H2,1H3. The third-order valence-electron chi connectivity index (χ3n) is 3.31. The summed E-state index contributed by atoms with van der Waals surface area (Å²) in [4.78, 5) is 13.5. The van der Waals surface area contributed by atoms with Gasteiger partial charge in [0.25, 0.3) is 0 Å². The Bertz CT molecular complexity index is 441. The van der Waals surface area contributed by atoms with Gasteiger partial charge >= 0.3 is 0 Å². The summed E-state index contributed by atoms with van der Waals surface area (Å²) in [6.45, 7) is 2.82. The lowest BCUT2D eigenvalue weighted by atomic mass is 10.1. The van der Waals surface area contributed by atoms with Crippen LogP contribution in [0.4, 0.5) is 0 Å². The van der Waals surface area contributed by atoms with Crippen LogP contribution in [0, 0.1) is 0 Å². The normalized spacial score (nSPS) is 15.1. The van der Waals surface area contributed by atoms with Gasteiger partial charge in [-0.2, -0.15) is 0 Å². The van der Waals surface area contributed by atoms with Crippen LogP contribution in [0.2, 0.25) is 0 Å². The molecule has 0 radical (unpaired) electrons. The highest BCUT2D eigenvalue weighted by atomic mass is 16.3. The van der Waals surface area contributed by atoms with Crippen molar-refractivity contribution in [1.82, 2.24) is 4.90 Å². The number of aromatic hydroxyl groups is 1. The lowest BCUT2D eigenvalue weighted by Gasteiger charge is -2.21. The van der Waals surface area contributed by atoms with Gasteiger partial charge in [0, 0.05) is 30.3 Å². The van der Waals surface area contributed by atoms with Gasteiger partial charge in [-0.1, -0.05) is 0 Å². The molecule has 0 aromatic heterocycles. The molecule has 0 heterocycles. The number of rotatable bonds is 6. The highest BCUT2D eigenvalue weighted by Crippen LogP contribution is 2.30. The highest BCUT2D eigenvalue weighted by molar-refractivity contribution is 5.94. The van der Waals surface area contributed by atoms with E-state index in [0.717, 1.165) is 18.4 Å². The van der Waals surface area contributed by atoms with E-state index in [0.29, 0.717) is 24.7 Å². The molecule has 1 aliphatic rings. The summed E-state index contributed by atoms with van der Waals surface area (Å²) in [6, 6.07) is 5.45. The molecule has 0 saturated heterocycles. The van der Waals surface area contributed by atoms with Gasteiger partial charge in [0.05, 0.1) is 6.61 Å². The van der Waals surface area contributed by atoms with Gasteiger partial charge in [-0.05, 0) is 38.0 Å². The number of carbonyl (C=O) groups is 1. The first kappa shape index (κ1) is 13.1. The molecule has 0 spiro atoms. The Hall–Kier alpha value is -1.39. The van der Waals surface area contributed by atoms with E-state index in [1.54, 1.807) is 18.2 Å². The molecule has 4 nitrogen and oxygen atoms in total. The molecule has 2 rings (SSSR count). The first-order chi connectivity index (χ1) is 8.61. The average molecular weight is 249 g/mol. The van der Waals surface area contributed by atoms with Crippen LogP contribution in [-0.4, -0.2) is 40.1 Å². The van der Waals surface area contributed by atoms with Gasteiger partial charge in [0.15, 0.2) is 5.78 Å². The summed E-state index contributed by atoms with van der Waals surface area (Å²) in [7, 11) is 0. The molecular formula is C14H19NO3. The van der Waals surface area contributed by atoms with Crippen LogP contribution < -0.4 is 0 Å². The number of hydrogen-bond acceptors (Lipinski definition) is 4. The molecule has 0 unspecified atom stereocenters. The average Bonchev–Trinajstić information content (AvgIpc) is 3.14. The van der Waals surface area contributed by atoms with Crippen LogP contribution in [0.3, 0.4) is 0 Å². The molecule has 4 heteroatoms. The Morgan fingerprint density at radius 3 is 2.72 bits per heavy atom. The zero-order chi connectivity index (χ0) is 13.1. The number of hydrogen-bond donors (Lipinski definition) is 2. The molecule has 1 aliphatic carbocycles. The summed E-state index contributed by atoms with van der Waals surface area (Å²) in [6.07, 6.45) is 2.29. The maximum absolute atomic E-state index is 11.3. The van der Waals surface area contributed by atoms with Crippen molar-refractivity contribution < 1.29 is 15.0 Å². The number of phenols is 1. The number of aliphatic hydroxyl groups is 1. The zero-order valence-electron chi connectivity index (χ0n) is 10.6. The van der Waals surface area contributed by atoms with Gasteiger partial charge in [0.2, 0.25) is 0 Å². The predicted molar refractivity (Wildman–Crippen MR) is 68.6 cm³/mol. The molecule has 0 amide bonds. The van der Waals surface area contributed by atoms with Crippen LogP contribution in [-0.2, 0) is 6.54 Å². The van der Waals surface area contributed by atoms with Crippen molar-refractivity contribution in [3.63, 3.8) is 0 Å². The quantitative estimate of drug-likeness (QED) is 0.751. The molecule has 98 valence electrons. The smallest absolute Gasteiger partial charge is 0.159 e. The van der Waals surface area contributed by atoms with E-state index >= 15 is 0 Å². The molecule has 18 heavy (non-hydrogen) atoms. The zero-order valence-corrected chi connectivity index (χ0v) is 10.6. The van der Waals surface area contributed by atoms with E-state index in [4.69, 9.17) is 5.11 Å². The number of aliphatic hydroxyl groups excluding tert-OH is 1. The fourth-order valence-corrected chi connectivity index (χ4v) is 2.11. The number of nitrogens with zero attached hydrogens (tertiary/aromatic N) is 1. The fraction of sp³-hybridized carbons (Fsp3) is 0.500. The van der Waals surface area contributed by atoms with Crippen molar-refractivity contribution in [1.29, 1.82) is 0 Å². The minimum absolute atomic E-state index is 0.00335. The molecule has 1 aromatic rings. The van der Waals surface area contributed by atoms with E-state index in [-0.39, 0.29) is 18.1 Å². The second-order valence-electron chi connectivity index (χ2n) is 4.82. The molecule has 2 N–H and O–H groups in total. The minimum Gasteiger partial charge on any atom is -0.508 e. The number of Topliss-reactive ketones (excluding diaryl/α,β-unsaturated/α-hetero) is 1. The molecule has 0 bridgehead atoms. The number of benzene rings is 1. The molecule has 1 fully saturated rings. The van der Waals surface area contributed by atoms with Crippen LogP contribution >= 0.6 is 0 Å². The second-order valence-corrected chi connectivity index (χ2v) is 4.82. The van der Waals surface area contributed by atoms with E-state index in [1.807, 2.05) is 0 Å². The number of ketones is 1. The van der Waals surface area contributed by atoms with Crippen molar-refractivity contribution in [2.45, 2.75) is 32.4 Å². The number of phenolic OH excluding ortho intramolecular Hbond substituents is 1. The fourth-order valence-electron chi connectivity index (χ4n) is 2.11. The van der Waals surface area contributed by atoms with Gasteiger partial charge in [-0.15, -0.1) is 0 Å². The van der Waals surface area contributed by atoms with Crippen molar-refractivity contribution in [2.24, 2.45) is 0 Å². The minimum atomic E-state index is -0.00335. The van der Waals surface area contributed by atoms with Crippen LogP contribution in [0.1, 0.15) is 35.7 Å². The first-order valence-electron chi connectivity index (χ1n) is 6.29. The predicted octanol–water partition coefficient (Wildman–Crippen LogP) is 1.55. The molecule has 0 aliphatic heterocycles. The van der Waals surface area contributed by atoms with Crippen molar-refractivity contribution in [3.8, 4) is 5.75 Å². The van der Waals surface area contributed by atoms with Crippen LogP contribution in [0.5, 0.6) is 5.75 Å².